The summed E-state index contributed by atoms with van der Waals surface area (Å²) in [6.07, 6.45) is 12.6. The number of fused-ring (bicyclic) bond motifs is 2. The second-order valence-electron chi connectivity index (χ2n) is 6.40. The fourth-order valence-corrected chi connectivity index (χ4v) is 4.85. The molecule has 0 aromatic heterocycles. The summed E-state index contributed by atoms with van der Waals surface area (Å²) in [5.74, 6) is 0.962. The lowest BCUT2D eigenvalue weighted by Gasteiger charge is -2.55. The zero-order chi connectivity index (χ0) is 11.2. The van der Waals surface area contributed by atoms with Gasteiger partial charge < -0.3 is 4.90 Å². The molecule has 4 heterocycles. The molecular weight excluding hydrogens is 208 g/mol. The van der Waals surface area contributed by atoms with Crippen LogP contribution in [0.4, 0.5) is 0 Å². The van der Waals surface area contributed by atoms with Gasteiger partial charge in [0.15, 0.2) is 0 Å². The summed E-state index contributed by atoms with van der Waals surface area (Å²) in [6, 6.07) is 1.73. The minimum absolute atomic E-state index is 0.844. The van der Waals surface area contributed by atoms with Crippen LogP contribution in [-0.4, -0.2) is 41.5 Å². The lowest BCUT2D eigenvalue weighted by molar-refractivity contribution is 0.0151. The fourth-order valence-electron chi connectivity index (χ4n) is 4.85. The van der Waals surface area contributed by atoms with Crippen LogP contribution in [0.2, 0.25) is 0 Å². The zero-order valence-corrected chi connectivity index (χ0v) is 10.8. The van der Waals surface area contributed by atoms with Crippen LogP contribution >= 0.6 is 0 Å². The van der Waals surface area contributed by atoms with E-state index in [-0.39, 0.29) is 0 Å². The molecule has 3 unspecified atom stereocenters. The maximum atomic E-state index is 2.80. The molecule has 0 aliphatic carbocycles. The van der Waals surface area contributed by atoms with E-state index in [1.807, 2.05) is 0 Å². The molecule has 2 heteroatoms. The highest BCUT2D eigenvalue weighted by Crippen LogP contribution is 2.43. The van der Waals surface area contributed by atoms with Crippen LogP contribution in [0.15, 0.2) is 11.8 Å². The summed E-state index contributed by atoms with van der Waals surface area (Å²) in [5.41, 5.74) is 1.78. The normalized spacial score (nSPS) is 41.5. The highest BCUT2D eigenvalue weighted by atomic mass is 15.2. The van der Waals surface area contributed by atoms with Gasteiger partial charge in [-0.1, -0.05) is 0 Å². The molecule has 0 bridgehead atoms. The Morgan fingerprint density at radius 3 is 2.88 bits per heavy atom. The Morgan fingerprint density at radius 1 is 0.941 bits per heavy atom. The number of hydrogen-bond donors (Lipinski definition) is 0. The first-order valence-corrected chi connectivity index (χ1v) is 7.64. The van der Waals surface area contributed by atoms with Gasteiger partial charge in [-0.15, -0.1) is 0 Å². The smallest absolute Gasteiger partial charge is 0.0372 e. The summed E-state index contributed by atoms with van der Waals surface area (Å²) in [4.78, 5) is 5.52. The quantitative estimate of drug-likeness (QED) is 0.633. The first-order chi connectivity index (χ1) is 8.43. The van der Waals surface area contributed by atoms with Gasteiger partial charge in [-0.3, -0.25) is 4.90 Å². The molecule has 0 saturated carbocycles. The first-order valence-electron chi connectivity index (χ1n) is 7.64. The molecule has 3 fully saturated rings. The highest BCUT2D eigenvalue weighted by Gasteiger charge is 2.44. The predicted octanol–water partition coefficient (Wildman–Crippen LogP) is 2.61. The van der Waals surface area contributed by atoms with Gasteiger partial charge >= 0.3 is 0 Å². The Hall–Kier alpha value is -0.500. The fraction of sp³-hybridized carbons (Fsp3) is 0.867. The topological polar surface area (TPSA) is 6.48 Å². The van der Waals surface area contributed by atoms with Crippen LogP contribution in [0.1, 0.15) is 44.9 Å². The van der Waals surface area contributed by atoms with Crippen molar-refractivity contribution in [2.75, 3.05) is 19.6 Å². The standard InChI is InChI=1S/C15H24N2/c1-2-8-17-11-12-5-3-9-16-10-4-6-13(15(12)16)14(17)7-1/h11,13-15H,1-10H2. The average molecular weight is 232 g/mol. The first kappa shape index (κ1) is 10.4. The van der Waals surface area contributed by atoms with Gasteiger partial charge in [0.25, 0.3) is 0 Å². The second kappa shape index (κ2) is 4.01. The third-order valence-electron chi connectivity index (χ3n) is 5.49. The summed E-state index contributed by atoms with van der Waals surface area (Å²) in [6.45, 7) is 4.06. The number of hydrogen-bond acceptors (Lipinski definition) is 2. The predicted molar refractivity (Wildman–Crippen MR) is 69.7 cm³/mol. The molecule has 4 aliphatic rings. The summed E-state index contributed by atoms with van der Waals surface area (Å²) >= 11 is 0. The van der Waals surface area contributed by atoms with E-state index in [1.165, 1.54) is 64.6 Å². The van der Waals surface area contributed by atoms with Gasteiger partial charge in [-0.05, 0) is 69.5 Å². The van der Waals surface area contributed by atoms with Crippen molar-refractivity contribution in [3.8, 4) is 0 Å². The van der Waals surface area contributed by atoms with Crippen molar-refractivity contribution in [3.63, 3.8) is 0 Å². The molecule has 3 atom stereocenters. The molecule has 3 saturated heterocycles. The Kier molecular flexibility index (Phi) is 2.46. The molecule has 2 nitrogen and oxygen atoms in total. The minimum atomic E-state index is 0.844. The number of nitrogens with zero attached hydrogens (tertiary/aromatic N) is 2. The molecule has 94 valence electrons. The van der Waals surface area contributed by atoms with Crippen molar-refractivity contribution >= 4 is 0 Å². The minimum Gasteiger partial charge on any atom is -0.374 e. The molecule has 17 heavy (non-hydrogen) atoms. The SMILES string of the molecule is C1=C2CCCN3CCCC(C4CCCCN14)C23. The van der Waals surface area contributed by atoms with Crippen molar-refractivity contribution in [1.29, 1.82) is 0 Å². The second-order valence-corrected chi connectivity index (χ2v) is 6.40. The van der Waals surface area contributed by atoms with E-state index in [4.69, 9.17) is 0 Å². The third kappa shape index (κ3) is 1.56. The van der Waals surface area contributed by atoms with E-state index in [0.717, 1.165) is 18.0 Å². The molecule has 4 rings (SSSR count). The molecule has 0 radical (unpaired) electrons. The summed E-state index contributed by atoms with van der Waals surface area (Å²) in [7, 11) is 0. The molecule has 0 amide bonds. The van der Waals surface area contributed by atoms with Crippen molar-refractivity contribution in [2.24, 2.45) is 5.92 Å². The van der Waals surface area contributed by atoms with E-state index in [1.54, 1.807) is 5.57 Å². The van der Waals surface area contributed by atoms with Crippen LogP contribution in [0.5, 0.6) is 0 Å². The summed E-state index contributed by atoms with van der Waals surface area (Å²) in [5, 5.41) is 0. The maximum absolute atomic E-state index is 2.80. The van der Waals surface area contributed by atoms with E-state index in [2.05, 4.69) is 16.0 Å². The highest BCUT2D eigenvalue weighted by molar-refractivity contribution is 5.22. The molecule has 4 aliphatic heterocycles. The number of rotatable bonds is 0. The van der Waals surface area contributed by atoms with Crippen LogP contribution in [0.3, 0.4) is 0 Å². The Balaban J connectivity index is 1.71. The lowest BCUT2D eigenvalue weighted by atomic mass is 9.72. The van der Waals surface area contributed by atoms with E-state index in [0.29, 0.717) is 0 Å². The lowest BCUT2D eigenvalue weighted by Crippen LogP contribution is -2.59. The van der Waals surface area contributed by atoms with E-state index in [9.17, 15) is 0 Å². The van der Waals surface area contributed by atoms with Crippen molar-refractivity contribution in [1.82, 2.24) is 9.80 Å². The largest absolute Gasteiger partial charge is 0.374 e. The maximum Gasteiger partial charge on any atom is 0.0372 e. The van der Waals surface area contributed by atoms with Crippen molar-refractivity contribution in [2.45, 2.75) is 57.0 Å². The monoisotopic (exact) mass is 232 g/mol. The van der Waals surface area contributed by atoms with Gasteiger partial charge in [-0.25, -0.2) is 0 Å². The van der Waals surface area contributed by atoms with Crippen LogP contribution in [-0.2, 0) is 0 Å². The van der Waals surface area contributed by atoms with Gasteiger partial charge in [0.2, 0.25) is 0 Å². The van der Waals surface area contributed by atoms with Gasteiger partial charge in [0, 0.05) is 24.8 Å². The molecule has 0 aromatic rings. The van der Waals surface area contributed by atoms with E-state index < -0.39 is 0 Å². The van der Waals surface area contributed by atoms with Crippen LogP contribution in [0, 0.1) is 5.92 Å². The Bertz CT molecular complexity index is 334. The van der Waals surface area contributed by atoms with Gasteiger partial charge in [-0.2, -0.15) is 0 Å². The van der Waals surface area contributed by atoms with Gasteiger partial charge in [0.1, 0.15) is 0 Å². The van der Waals surface area contributed by atoms with Gasteiger partial charge in [0.05, 0.1) is 0 Å². The van der Waals surface area contributed by atoms with Crippen molar-refractivity contribution < 1.29 is 0 Å². The molecule has 0 N–H and O–H groups in total. The molecular formula is C15H24N2. The van der Waals surface area contributed by atoms with E-state index >= 15 is 0 Å². The van der Waals surface area contributed by atoms with Crippen molar-refractivity contribution in [3.05, 3.63) is 11.8 Å². The molecule has 0 spiro atoms. The third-order valence-corrected chi connectivity index (χ3v) is 5.49. The molecule has 0 aromatic carbocycles. The van der Waals surface area contributed by atoms with Crippen LogP contribution < -0.4 is 0 Å². The zero-order valence-electron chi connectivity index (χ0n) is 10.8. The Morgan fingerprint density at radius 2 is 1.88 bits per heavy atom. The Labute approximate surface area is 105 Å². The summed E-state index contributed by atoms with van der Waals surface area (Å²) < 4.78 is 0. The number of piperidine rings is 3. The average Bonchev–Trinajstić information content (AvgIpc) is 2.39. The van der Waals surface area contributed by atoms with Crippen LogP contribution in [0.25, 0.3) is 0 Å².